The molecule has 0 spiro atoms. The average molecular weight is 431 g/mol. The highest BCUT2D eigenvalue weighted by Gasteiger charge is 2.27. The molecule has 0 bridgehead atoms. The molecule has 0 saturated heterocycles. The summed E-state index contributed by atoms with van der Waals surface area (Å²) in [5.74, 6) is 0.536. The zero-order chi connectivity index (χ0) is 20.7. The van der Waals surface area contributed by atoms with Crippen LogP contribution in [0.15, 0.2) is 11.2 Å². The molecule has 4 rings (SSSR count). The van der Waals surface area contributed by atoms with Crippen molar-refractivity contribution < 1.29 is 9.59 Å². The zero-order valence-corrected chi connectivity index (χ0v) is 18.1. The Kier molecular flexibility index (Phi) is 5.30. The van der Waals surface area contributed by atoms with Crippen molar-refractivity contribution in [1.29, 1.82) is 0 Å². The molecule has 3 aromatic rings. The van der Waals surface area contributed by atoms with Crippen molar-refractivity contribution in [2.24, 2.45) is 11.7 Å². The smallest absolute Gasteiger partial charge is 0.256 e. The van der Waals surface area contributed by atoms with Crippen molar-refractivity contribution >= 4 is 45.7 Å². The molecule has 152 valence electrons. The van der Waals surface area contributed by atoms with Gasteiger partial charge in [0.2, 0.25) is 5.91 Å². The Balaban J connectivity index is 1.50. The quantitative estimate of drug-likeness (QED) is 0.602. The van der Waals surface area contributed by atoms with E-state index in [0.717, 1.165) is 41.1 Å². The van der Waals surface area contributed by atoms with E-state index in [0.29, 0.717) is 27.4 Å². The lowest BCUT2D eigenvalue weighted by molar-refractivity contribution is -0.113. The number of amides is 2. The first kappa shape index (κ1) is 19.8. The van der Waals surface area contributed by atoms with Crippen LogP contribution in [0.2, 0.25) is 0 Å². The number of nitrogens with two attached hydrogens (primary N) is 1. The van der Waals surface area contributed by atoms with E-state index < -0.39 is 5.91 Å². The number of carbonyl (C=O) groups is 2. The Morgan fingerprint density at radius 3 is 2.93 bits per heavy atom. The molecule has 0 aliphatic heterocycles. The Hall–Kier alpha value is -2.46. The number of fused-ring (bicyclic) bond motifs is 2. The second kappa shape index (κ2) is 7.75. The molecule has 0 aromatic carbocycles. The van der Waals surface area contributed by atoms with Crippen molar-refractivity contribution in [2.45, 2.75) is 45.2 Å². The van der Waals surface area contributed by atoms with Crippen LogP contribution in [0, 0.1) is 19.8 Å². The number of aryl methyl sites for hydroxylation is 2. The normalized spacial score (nSPS) is 16.0. The third-order valence-electron chi connectivity index (χ3n) is 5.01. The summed E-state index contributed by atoms with van der Waals surface area (Å²) < 4.78 is 1.82. The molecule has 3 N–H and O–H groups in total. The molecular formula is C19H22N6O2S2. The third-order valence-corrected chi connectivity index (χ3v) is 7.11. The molecule has 0 saturated carbocycles. The van der Waals surface area contributed by atoms with Gasteiger partial charge < -0.3 is 11.1 Å². The van der Waals surface area contributed by atoms with Gasteiger partial charge in [-0.15, -0.1) is 21.5 Å². The maximum Gasteiger partial charge on any atom is 0.256 e. The van der Waals surface area contributed by atoms with Crippen molar-refractivity contribution in [1.82, 2.24) is 19.6 Å². The fourth-order valence-electron chi connectivity index (χ4n) is 3.69. The fraction of sp³-hybridized carbons (Fsp3) is 0.421. The minimum Gasteiger partial charge on any atom is -0.365 e. The molecule has 0 fully saturated rings. The van der Waals surface area contributed by atoms with Gasteiger partial charge in [-0.1, -0.05) is 18.7 Å². The van der Waals surface area contributed by atoms with Crippen LogP contribution >= 0.6 is 23.1 Å². The topological polar surface area (TPSA) is 115 Å². The Morgan fingerprint density at radius 2 is 2.17 bits per heavy atom. The lowest BCUT2D eigenvalue weighted by Crippen LogP contribution is -2.20. The molecule has 1 aliphatic carbocycles. The van der Waals surface area contributed by atoms with Crippen LogP contribution in [-0.2, 0) is 17.6 Å². The lowest BCUT2D eigenvalue weighted by atomic mass is 9.88. The molecule has 8 nitrogen and oxygen atoms in total. The molecule has 1 aliphatic rings. The van der Waals surface area contributed by atoms with Gasteiger partial charge in [-0.05, 0) is 50.7 Å². The van der Waals surface area contributed by atoms with Gasteiger partial charge in [0.1, 0.15) is 5.00 Å². The van der Waals surface area contributed by atoms with Gasteiger partial charge in [0.05, 0.1) is 11.3 Å². The van der Waals surface area contributed by atoms with Crippen molar-refractivity contribution in [3.8, 4) is 0 Å². The van der Waals surface area contributed by atoms with E-state index in [1.807, 2.05) is 24.3 Å². The number of primary amides is 1. The molecule has 3 aromatic heterocycles. The standard InChI is InChI=1S/C19H22N6O2S2/c1-9-4-5-12-13(6-9)29-17(15(12)16(20)27)22-14(26)8-28-19-24-23-18-21-10(2)7-11(3)25(18)19/h7,9H,4-6,8H2,1-3H3,(H2,20,27)(H,22,26). The molecule has 2 amide bonds. The van der Waals surface area contributed by atoms with Crippen molar-refractivity contribution in [3.63, 3.8) is 0 Å². The Labute approximate surface area is 176 Å². The van der Waals surface area contributed by atoms with Crippen molar-refractivity contribution in [2.75, 3.05) is 11.1 Å². The third kappa shape index (κ3) is 3.86. The summed E-state index contributed by atoms with van der Waals surface area (Å²) in [5, 5.41) is 12.3. The summed E-state index contributed by atoms with van der Waals surface area (Å²) in [6, 6.07) is 1.94. The van der Waals surface area contributed by atoms with E-state index in [2.05, 4.69) is 27.4 Å². The van der Waals surface area contributed by atoms with Gasteiger partial charge in [-0.2, -0.15) is 0 Å². The molecule has 3 heterocycles. The van der Waals surface area contributed by atoms with Gasteiger partial charge in [-0.3, -0.25) is 14.0 Å². The first-order valence-corrected chi connectivity index (χ1v) is 11.2. The Bertz CT molecular complexity index is 1120. The summed E-state index contributed by atoms with van der Waals surface area (Å²) in [7, 11) is 0. The number of rotatable bonds is 5. The van der Waals surface area contributed by atoms with Crippen LogP contribution in [0.5, 0.6) is 0 Å². The van der Waals surface area contributed by atoms with Crippen LogP contribution in [-0.4, -0.2) is 37.1 Å². The summed E-state index contributed by atoms with van der Waals surface area (Å²) >= 11 is 2.75. The highest BCUT2D eigenvalue weighted by molar-refractivity contribution is 7.99. The number of carbonyl (C=O) groups excluding carboxylic acids is 2. The first-order valence-electron chi connectivity index (χ1n) is 9.40. The summed E-state index contributed by atoms with van der Waals surface area (Å²) in [6.45, 7) is 6.05. The minimum atomic E-state index is -0.486. The van der Waals surface area contributed by atoms with E-state index in [-0.39, 0.29) is 11.7 Å². The lowest BCUT2D eigenvalue weighted by Gasteiger charge is -2.18. The molecule has 10 heteroatoms. The van der Waals surface area contributed by atoms with E-state index in [9.17, 15) is 9.59 Å². The van der Waals surface area contributed by atoms with E-state index in [1.54, 1.807) is 0 Å². The van der Waals surface area contributed by atoms with Gasteiger partial charge >= 0.3 is 0 Å². The van der Waals surface area contributed by atoms with Crippen LogP contribution in [0.3, 0.4) is 0 Å². The molecule has 1 atom stereocenters. The van der Waals surface area contributed by atoms with Crippen LogP contribution in [0.1, 0.15) is 45.5 Å². The predicted molar refractivity (Wildman–Crippen MR) is 114 cm³/mol. The van der Waals surface area contributed by atoms with Gasteiger partial charge in [0.15, 0.2) is 5.16 Å². The van der Waals surface area contributed by atoms with Crippen molar-refractivity contribution in [3.05, 3.63) is 33.5 Å². The molecule has 0 radical (unpaired) electrons. The number of hydrogen-bond acceptors (Lipinski definition) is 7. The van der Waals surface area contributed by atoms with Gasteiger partial charge in [-0.25, -0.2) is 4.98 Å². The van der Waals surface area contributed by atoms with E-state index in [4.69, 9.17) is 5.73 Å². The SMILES string of the molecule is Cc1cc(C)n2c(SCC(=O)Nc3sc4c(c3C(N)=O)CCC(C)C4)nnc2n1. The molecular weight excluding hydrogens is 408 g/mol. The van der Waals surface area contributed by atoms with Crippen LogP contribution in [0.4, 0.5) is 5.00 Å². The predicted octanol–water partition coefficient (Wildman–Crippen LogP) is 2.76. The second-order valence-corrected chi connectivity index (χ2v) is 9.46. The summed E-state index contributed by atoms with van der Waals surface area (Å²) in [5.41, 5.74) is 8.92. The van der Waals surface area contributed by atoms with E-state index >= 15 is 0 Å². The monoisotopic (exact) mass is 430 g/mol. The maximum absolute atomic E-state index is 12.6. The summed E-state index contributed by atoms with van der Waals surface area (Å²) in [4.78, 5) is 30.1. The fourth-order valence-corrected chi connectivity index (χ4v) is 5.90. The maximum atomic E-state index is 12.6. The molecule has 1 unspecified atom stereocenters. The van der Waals surface area contributed by atoms with Crippen LogP contribution in [0.25, 0.3) is 5.78 Å². The van der Waals surface area contributed by atoms with Gasteiger partial charge in [0.25, 0.3) is 11.7 Å². The number of thioether (sulfide) groups is 1. The molecule has 29 heavy (non-hydrogen) atoms. The Morgan fingerprint density at radius 1 is 1.38 bits per heavy atom. The second-order valence-electron chi connectivity index (χ2n) is 7.41. The van der Waals surface area contributed by atoms with Crippen LogP contribution < -0.4 is 11.1 Å². The number of aromatic nitrogens is 4. The summed E-state index contributed by atoms with van der Waals surface area (Å²) in [6.07, 6.45) is 2.77. The van der Waals surface area contributed by atoms with E-state index in [1.165, 1.54) is 23.1 Å². The zero-order valence-electron chi connectivity index (χ0n) is 16.5. The number of thiophene rings is 1. The highest BCUT2D eigenvalue weighted by atomic mass is 32.2. The largest absolute Gasteiger partial charge is 0.365 e. The first-order chi connectivity index (χ1) is 13.8. The number of anilines is 1. The average Bonchev–Trinajstić information content (AvgIpc) is 3.20. The minimum absolute atomic E-state index is 0.144. The number of hydrogen-bond donors (Lipinski definition) is 2. The number of nitrogens with one attached hydrogen (secondary N) is 1. The number of nitrogens with zero attached hydrogens (tertiary/aromatic N) is 4. The van der Waals surface area contributed by atoms with Gasteiger partial charge in [0, 0.05) is 16.3 Å². The highest BCUT2D eigenvalue weighted by Crippen LogP contribution is 2.39.